The van der Waals surface area contributed by atoms with Crippen molar-refractivity contribution in [2.45, 2.75) is 354 Å². The summed E-state index contributed by atoms with van der Waals surface area (Å²) in [5.41, 5.74) is 0. The van der Waals surface area contributed by atoms with E-state index in [-0.39, 0.29) is 31.1 Å². The topological polar surface area (TPSA) is 78.9 Å². The fourth-order valence-corrected chi connectivity index (χ4v) is 9.81. The summed E-state index contributed by atoms with van der Waals surface area (Å²) in [7, 11) is 0. The molecule has 6 heteroatoms. The molecule has 6 nitrogen and oxygen atoms in total. The van der Waals surface area contributed by atoms with Crippen LogP contribution in [0, 0.1) is 0 Å². The van der Waals surface area contributed by atoms with Crippen LogP contribution in [0.15, 0.2) is 72.9 Å². The molecule has 78 heavy (non-hydrogen) atoms. The van der Waals surface area contributed by atoms with Crippen LogP contribution in [0.3, 0.4) is 0 Å². The second-order valence-electron chi connectivity index (χ2n) is 22.7. The Morgan fingerprint density at radius 1 is 0.256 bits per heavy atom. The molecule has 0 N–H and O–H groups in total. The lowest BCUT2D eigenvalue weighted by Crippen LogP contribution is -2.30. The van der Waals surface area contributed by atoms with Gasteiger partial charge in [0.25, 0.3) is 0 Å². The predicted octanol–water partition coefficient (Wildman–Crippen LogP) is 23.3. The third-order valence-corrected chi connectivity index (χ3v) is 14.9. The molecule has 0 saturated heterocycles. The van der Waals surface area contributed by atoms with Crippen LogP contribution in [0.4, 0.5) is 0 Å². The Hall–Kier alpha value is -3.15. The number of unbranched alkanes of at least 4 members (excludes halogenated alkanes) is 39. The Kier molecular flexibility index (Phi) is 63.7. The van der Waals surface area contributed by atoms with E-state index in [0.29, 0.717) is 19.3 Å². The summed E-state index contributed by atoms with van der Waals surface area (Å²) >= 11 is 0. The van der Waals surface area contributed by atoms with E-state index in [2.05, 4.69) is 93.7 Å². The summed E-state index contributed by atoms with van der Waals surface area (Å²) < 4.78 is 16.9. The quantitative estimate of drug-likeness (QED) is 0.0261. The van der Waals surface area contributed by atoms with Crippen molar-refractivity contribution in [3.8, 4) is 0 Å². The maximum atomic E-state index is 12.9. The molecule has 0 fully saturated rings. The van der Waals surface area contributed by atoms with Crippen molar-refractivity contribution in [3.05, 3.63) is 72.9 Å². The lowest BCUT2D eigenvalue weighted by molar-refractivity contribution is -0.167. The number of ether oxygens (including phenoxy) is 3. The standard InChI is InChI=1S/C72H128O6/c1-4-7-10-13-16-19-21-23-25-27-29-31-32-33-34-35-36-37-38-39-40-42-43-45-47-49-51-53-56-59-62-65-71(74)77-68-69(67-76-70(73)64-61-58-55-18-15-12-9-6-3)78-72(75)66-63-60-57-54-52-50-48-46-44-41-30-28-26-24-22-20-17-14-11-8-5-2/h21-24,27-30,32-33,44,46,69H,4-20,25-26,31,34-43,45,47-68H2,1-3H3/b23-21-,24-22-,29-27-,30-28-,33-32-,46-44-. The maximum Gasteiger partial charge on any atom is 0.306 e. The molecular weight excluding hydrogens is 961 g/mol. The van der Waals surface area contributed by atoms with Gasteiger partial charge in [0.15, 0.2) is 6.10 Å². The van der Waals surface area contributed by atoms with E-state index in [1.165, 1.54) is 212 Å². The summed E-state index contributed by atoms with van der Waals surface area (Å²) in [6, 6.07) is 0. The summed E-state index contributed by atoms with van der Waals surface area (Å²) in [5, 5.41) is 0. The molecular formula is C72H128O6. The van der Waals surface area contributed by atoms with Gasteiger partial charge in [0.1, 0.15) is 13.2 Å². The van der Waals surface area contributed by atoms with Crippen molar-refractivity contribution >= 4 is 17.9 Å². The van der Waals surface area contributed by atoms with Crippen LogP contribution in [0.1, 0.15) is 348 Å². The van der Waals surface area contributed by atoms with Crippen molar-refractivity contribution in [2.24, 2.45) is 0 Å². The third kappa shape index (κ3) is 63.7. The number of hydrogen-bond acceptors (Lipinski definition) is 6. The van der Waals surface area contributed by atoms with Crippen LogP contribution in [0.2, 0.25) is 0 Å². The Morgan fingerprint density at radius 3 is 0.718 bits per heavy atom. The van der Waals surface area contributed by atoms with Gasteiger partial charge in [0.05, 0.1) is 0 Å². The summed E-state index contributed by atoms with van der Waals surface area (Å²) in [6.45, 7) is 6.61. The van der Waals surface area contributed by atoms with Crippen molar-refractivity contribution < 1.29 is 28.6 Å². The maximum absolute atomic E-state index is 12.9. The molecule has 0 aromatic heterocycles. The number of hydrogen-bond donors (Lipinski definition) is 0. The van der Waals surface area contributed by atoms with E-state index in [9.17, 15) is 14.4 Å². The molecule has 0 aromatic rings. The molecule has 0 rings (SSSR count). The number of allylic oxidation sites excluding steroid dienone is 12. The molecule has 452 valence electrons. The van der Waals surface area contributed by atoms with E-state index >= 15 is 0 Å². The Balaban J connectivity index is 4.11. The molecule has 0 radical (unpaired) electrons. The zero-order chi connectivity index (χ0) is 56.4. The highest BCUT2D eigenvalue weighted by molar-refractivity contribution is 5.71. The molecule has 0 amide bonds. The van der Waals surface area contributed by atoms with Crippen LogP contribution in [-0.2, 0) is 28.6 Å². The van der Waals surface area contributed by atoms with Gasteiger partial charge in [0, 0.05) is 19.3 Å². The molecule has 1 unspecified atom stereocenters. The molecule has 0 saturated carbocycles. The van der Waals surface area contributed by atoms with Crippen molar-refractivity contribution in [2.75, 3.05) is 13.2 Å². The summed E-state index contributed by atoms with van der Waals surface area (Å²) in [5.74, 6) is -0.879. The zero-order valence-electron chi connectivity index (χ0n) is 51.9. The van der Waals surface area contributed by atoms with Gasteiger partial charge in [0.2, 0.25) is 0 Å². The first kappa shape index (κ1) is 74.8. The number of carbonyl (C=O) groups is 3. The fraction of sp³-hybridized carbons (Fsp3) is 0.792. The van der Waals surface area contributed by atoms with Crippen LogP contribution < -0.4 is 0 Å². The van der Waals surface area contributed by atoms with Crippen LogP contribution in [0.25, 0.3) is 0 Å². The Bertz CT molecular complexity index is 1440. The van der Waals surface area contributed by atoms with Gasteiger partial charge in [-0.25, -0.2) is 0 Å². The molecule has 0 bridgehead atoms. The average molecular weight is 1090 g/mol. The molecule has 0 heterocycles. The molecule has 0 aliphatic rings. The van der Waals surface area contributed by atoms with Crippen molar-refractivity contribution in [3.63, 3.8) is 0 Å². The minimum atomic E-state index is -0.780. The van der Waals surface area contributed by atoms with Crippen molar-refractivity contribution in [1.82, 2.24) is 0 Å². The first-order chi connectivity index (χ1) is 38.5. The number of rotatable bonds is 62. The van der Waals surface area contributed by atoms with Gasteiger partial charge in [-0.2, -0.15) is 0 Å². The molecule has 0 aliphatic heterocycles. The lowest BCUT2D eigenvalue weighted by Gasteiger charge is -2.18. The van der Waals surface area contributed by atoms with Crippen LogP contribution in [-0.4, -0.2) is 37.2 Å². The van der Waals surface area contributed by atoms with Crippen LogP contribution in [0.5, 0.6) is 0 Å². The first-order valence-corrected chi connectivity index (χ1v) is 33.9. The summed E-state index contributed by atoms with van der Waals surface area (Å²) in [6.07, 6.45) is 86.5. The van der Waals surface area contributed by atoms with Gasteiger partial charge in [-0.05, 0) is 96.3 Å². The van der Waals surface area contributed by atoms with Gasteiger partial charge in [-0.1, -0.05) is 306 Å². The number of carbonyl (C=O) groups excluding carboxylic acids is 3. The van der Waals surface area contributed by atoms with E-state index < -0.39 is 6.10 Å². The third-order valence-electron chi connectivity index (χ3n) is 14.9. The smallest absolute Gasteiger partial charge is 0.306 e. The normalized spacial score (nSPS) is 12.5. The SMILES string of the molecule is CCCCCCC/C=C\C/C=C\C/C=C\CCCCCCCCCCCCCCCCCCC(=O)OCC(COC(=O)CCCCCCCCCC)OC(=O)CCCCCCCC/C=C\C/C=C\C/C=C\CCCCCCC. The van der Waals surface area contributed by atoms with Crippen molar-refractivity contribution in [1.29, 1.82) is 0 Å². The van der Waals surface area contributed by atoms with Crippen LogP contribution >= 0.6 is 0 Å². The Morgan fingerprint density at radius 2 is 0.462 bits per heavy atom. The molecule has 0 spiro atoms. The monoisotopic (exact) mass is 1090 g/mol. The lowest BCUT2D eigenvalue weighted by atomic mass is 10.0. The largest absolute Gasteiger partial charge is 0.462 e. The highest BCUT2D eigenvalue weighted by Crippen LogP contribution is 2.17. The second-order valence-corrected chi connectivity index (χ2v) is 22.7. The van der Waals surface area contributed by atoms with Gasteiger partial charge < -0.3 is 14.2 Å². The first-order valence-electron chi connectivity index (χ1n) is 33.9. The second kappa shape index (κ2) is 66.4. The number of esters is 3. The van der Waals surface area contributed by atoms with Gasteiger partial charge >= 0.3 is 17.9 Å². The van der Waals surface area contributed by atoms with E-state index in [0.717, 1.165) is 96.3 Å². The highest BCUT2D eigenvalue weighted by Gasteiger charge is 2.19. The van der Waals surface area contributed by atoms with Gasteiger partial charge in [-0.3, -0.25) is 14.4 Å². The highest BCUT2D eigenvalue weighted by atomic mass is 16.6. The minimum Gasteiger partial charge on any atom is -0.462 e. The molecule has 0 aromatic carbocycles. The Labute approximate surface area is 484 Å². The fourth-order valence-electron chi connectivity index (χ4n) is 9.81. The predicted molar refractivity (Wildman–Crippen MR) is 339 cm³/mol. The summed E-state index contributed by atoms with van der Waals surface area (Å²) in [4.78, 5) is 38.2. The average Bonchev–Trinajstić information content (AvgIpc) is 3.44. The zero-order valence-corrected chi connectivity index (χ0v) is 51.9. The molecule has 1 atom stereocenters. The van der Waals surface area contributed by atoms with E-state index in [1.807, 2.05) is 0 Å². The van der Waals surface area contributed by atoms with E-state index in [4.69, 9.17) is 14.2 Å². The molecule has 0 aliphatic carbocycles. The van der Waals surface area contributed by atoms with E-state index in [1.54, 1.807) is 0 Å². The van der Waals surface area contributed by atoms with Gasteiger partial charge in [-0.15, -0.1) is 0 Å². The minimum absolute atomic E-state index is 0.0776.